The Bertz CT molecular complexity index is 1270. The quantitative estimate of drug-likeness (QED) is 0.267. The van der Waals surface area contributed by atoms with E-state index in [1.165, 1.54) is 41.7 Å². The van der Waals surface area contributed by atoms with E-state index >= 15 is 0 Å². The number of carbonyl (C=O) groups excluding carboxylic acids is 1. The Morgan fingerprint density at radius 1 is 1.33 bits per heavy atom. The van der Waals surface area contributed by atoms with Crippen LogP contribution in [0.15, 0.2) is 52.6 Å². The van der Waals surface area contributed by atoms with Gasteiger partial charge in [-0.2, -0.15) is 13.2 Å². The van der Waals surface area contributed by atoms with Gasteiger partial charge in [0.15, 0.2) is 0 Å². The number of anilines is 1. The average Bonchev–Trinajstić information content (AvgIpc) is 3.43. The summed E-state index contributed by atoms with van der Waals surface area (Å²) in [6, 6.07) is 6.74. The van der Waals surface area contributed by atoms with Crippen molar-refractivity contribution in [3.8, 4) is 0 Å². The molecule has 192 valence electrons. The summed E-state index contributed by atoms with van der Waals surface area (Å²) < 4.78 is 65.1. The molecule has 7 nitrogen and oxygen atoms in total. The van der Waals surface area contributed by atoms with Crippen LogP contribution >= 0.6 is 23.1 Å². The molecule has 0 saturated heterocycles. The maximum Gasteiger partial charge on any atom is 0.416 e. The number of alkyl halides is 3. The van der Waals surface area contributed by atoms with Gasteiger partial charge in [0.05, 0.1) is 34.0 Å². The molecule has 3 unspecified atom stereocenters. The molecule has 36 heavy (non-hydrogen) atoms. The number of carbonyl (C=O) groups is 1. The zero-order valence-electron chi connectivity index (χ0n) is 18.9. The minimum absolute atomic E-state index is 0.00256. The van der Waals surface area contributed by atoms with Crippen LogP contribution in [0.25, 0.3) is 0 Å². The Morgan fingerprint density at radius 2 is 2.14 bits per heavy atom. The molecule has 3 aromatic rings. The zero-order valence-corrected chi connectivity index (χ0v) is 21.4. The van der Waals surface area contributed by atoms with Gasteiger partial charge in [0.1, 0.15) is 12.1 Å². The molecule has 13 heteroatoms. The maximum absolute atomic E-state index is 13.3. The van der Waals surface area contributed by atoms with Crippen molar-refractivity contribution < 1.29 is 30.9 Å². The number of thiophene rings is 1. The Morgan fingerprint density at radius 3 is 2.89 bits per heavy atom. The van der Waals surface area contributed by atoms with Gasteiger partial charge >= 0.3 is 6.18 Å². The van der Waals surface area contributed by atoms with Crippen LogP contribution in [0.4, 0.5) is 19.0 Å². The number of rotatable bonds is 9. The first-order valence-corrected chi connectivity index (χ1v) is 13.5. The molecule has 0 radical (unpaired) electrons. The van der Waals surface area contributed by atoms with E-state index in [4.69, 9.17) is 0 Å². The highest BCUT2D eigenvalue weighted by Crippen LogP contribution is 2.39. The van der Waals surface area contributed by atoms with Crippen LogP contribution in [-0.4, -0.2) is 37.2 Å². The molecule has 2 aromatic heterocycles. The summed E-state index contributed by atoms with van der Waals surface area (Å²) in [5.41, 5.74) is -0.439. The third-order valence-corrected chi connectivity index (χ3v) is 8.36. The molecule has 0 bridgehead atoms. The molecule has 1 N–H and O–H groups in total. The van der Waals surface area contributed by atoms with Crippen LogP contribution in [-0.2, 0) is 21.7 Å². The van der Waals surface area contributed by atoms with E-state index in [9.17, 15) is 26.7 Å². The third-order valence-electron chi connectivity index (χ3n) is 5.72. The Kier molecular flexibility index (Phi) is 8.45. The van der Waals surface area contributed by atoms with Gasteiger partial charge in [-0.15, -0.1) is 11.3 Å². The van der Waals surface area contributed by atoms with Crippen LogP contribution in [0.1, 0.15) is 44.9 Å². The van der Waals surface area contributed by atoms with E-state index in [2.05, 4.69) is 19.5 Å². The summed E-state index contributed by atoms with van der Waals surface area (Å²) in [5, 5.41) is 3.27. The molecule has 1 aromatic carbocycles. The SMILES string of the molecule is Cc1sc(C(=O)c2cncnc2NC2CCC(COS(=O)[O-])C2)cc1Sc1cccc(C(F)(F)F)c1. The highest BCUT2D eigenvalue weighted by Gasteiger charge is 2.31. The average molecular weight is 557 g/mol. The Balaban J connectivity index is 1.48. The van der Waals surface area contributed by atoms with Gasteiger partial charge in [0.25, 0.3) is 0 Å². The van der Waals surface area contributed by atoms with Crippen LogP contribution in [0.5, 0.6) is 0 Å². The van der Waals surface area contributed by atoms with E-state index in [0.717, 1.165) is 29.9 Å². The number of hydrogen-bond acceptors (Lipinski definition) is 9. The van der Waals surface area contributed by atoms with E-state index < -0.39 is 23.1 Å². The highest BCUT2D eigenvalue weighted by atomic mass is 32.2. The molecular formula is C23H21F3N3O4S3-. The van der Waals surface area contributed by atoms with Crippen LogP contribution < -0.4 is 5.32 Å². The maximum atomic E-state index is 13.3. The van der Waals surface area contributed by atoms with Crippen molar-refractivity contribution in [1.82, 2.24) is 9.97 Å². The summed E-state index contributed by atoms with van der Waals surface area (Å²) >= 11 is -0.119. The number of nitrogens with one attached hydrogen (secondary N) is 1. The minimum Gasteiger partial charge on any atom is -0.750 e. The summed E-state index contributed by atoms with van der Waals surface area (Å²) in [6.45, 7) is 1.93. The fraction of sp³-hybridized carbons (Fsp3) is 0.348. The highest BCUT2D eigenvalue weighted by molar-refractivity contribution is 7.99. The summed E-state index contributed by atoms with van der Waals surface area (Å²) in [5.74, 6) is 0.172. The molecular weight excluding hydrogens is 535 g/mol. The summed E-state index contributed by atoms with van der Waals surface area (Å²) in [6.07, 6.45) is 0.562. The molecule has 0 spiro atoms. The van der Waals surface area contributed by atoms with Gasteiger partial charge in [0.2, 0.25) is 5.78 Å². The topological polar surface area (TPSA) is 104 Å². The van der Waals surface area contributed by atoms with E-state index in [1.807, 2.05) is 6.92 Å². The molecule has 4 rings (SSSR count). The molecule has 1 aliphatic carbocycles. The third kappa shape index (κ3) is 6.71. The molecule has 1 fully saturated rings. The second-order valence-electron chi connectivity index (χ2n) is 8.28. The zero-order chi connectivity index (χ0) is 25.9. The van der Waals surface area contributed by atoms with Crippen molar-refractivity contribution in [3.63, 3.8) is 0 Å². The fourth-order valence-corrected chi connectivity index (χ4v) is 6.39. The van der Waals surface area contributed by atoms with Crippen molar-refractivity contribution in [1.29, 1.82) is 0 Å². The van der Waals surface area contributed by atoms with Crippen molar-refractivity contribution >= 4 is 46.1 Å². The summed E-state index contributed by atoms with van der Waals surface area (Å²) in [4.78, 5) is 23.9. The van der Waals surface area contributed by atoms with Gasteiger partial charge < -0.3 is 14.1 Å². The van der Waals surface area contributed by atoms with E-state index in [0.29, 0.717) is 26.9 Å². The number of aryl methyl sites for hydroxylation is 1. The first-order chi connectivity index (χ1) is 17.1. The van der Waals surface area contributed by atoms with Gasteiger partial charge in [-0.05, 0) is 56.4 Å². The molecule has 1 aliphatic rings. The van der Waals surface area contributed by atoms with E-state index in [-0.39, 0.29) is 29.9 Å². The van der Waals surface area contributed by atoms with Crippen molar-refractivity contribution in [3.05, 3.63) is 63.7 Å². The van der Waals surface area contributed by atoms with E-state index in [1.54, 1.807) is 12.1 Å². The lowest BCUT2D eigenvalue weighted by Gasteiger charge is -2.16. The second kappa shape index (κ2) is 11.4. The molecule has 2 heterocycles. The Hall–Kier alpha value is -2.32. The fourth-order valence-electron chi connectivity index (χ4n) is 3.99. The number of benzene rings is 1. The van der Waals surface area contributed by atoms with Gasteiger partial charge in [-0.3, -0.25) is 4.79 Å². The van der Waals surface area contributed by atoms with Crippen molar-refractivity contribution in [2.24, 2.45) is 5.92 Å². The number of ketones is 1. The first-order valence-electron chi connectivity index (χ1n) is 10.9. The number of aromatic nitrogens is 2. The lowest BCUT2D eigenvalue weighted by atomic mass is 10.1. The molecule has 0 amide bonds. The number of hydrogen-bond donors (Lipinski definition) is 1. The molecule has 0 aliphatic heterocycles. The lowest BCUT2D eigenvalue weighted by Crippen LogP contribution is -2.20. The predicted octanol–water partition coefficient (Wildman–Crippen LogP) is 5.64. The Labute approximate surface area is 216 Å². The monoisotopic (exact) mass is 556 g/mol. The molecule has 1 saturated carbocycles. The number of halogens is 3. The van der Waals surface area contributed by atoms with Crippen LogP contribution in [0.2, 0.25) is 0 Å². The second-order valence-corrected chi connectivity index (χ2v) is 11.3. The summed E-state index contributed by atoms with van der Waals surface area (Å²) in [7, 11) is 0. The van der Waals surface area contributed by atoms with Gasteiger partial charge in [0, 0.05) is 26.9 Å². The normalized spacial score (nSPS) is 18.8. The number of nitrogens with zero attached hydrogens (tertiary/aromatic N) is 2. The standard InChI is InChI=1S/C23H22F3N3O4S3/c1-13-19(35-17-4-2-3-15(8-17)23(24,25)26)9-20(34-13)21(30)18-10-27-12-28-22(18)29-16-6-5-14(7-16)11-33-36(31)32/h2-4,8-10,12,14,16H,5-7,11H2,1H3,(H,31,32)(H,27,28,29)/p-1. The van der Waals surface area contributed by atoms with Gasteiger partial charge in [-0.1, -0.05) is 17.8 Å². The van der Waals surface area contributed by atoms with Crippen LogP contribution in [0.3, 0.4) is 0 Å². The minimum atomic E-state index is -4.43. The van der Waals surface area contributed by atoms with Gasteiger partial charge in [-0.25, -0.2) is 14.2 Å². The smallest absolute Gasteiger partial charge is 0.416 e. The lowest BCUT2D eigenvalue weighted by molar-refractivity contribution is -0.137. The van der Waals surface area contributed by atoms with Crippen molar-refractivity contribution in [2.45, 2.75) is 48.2 Å². The molecule has 3 atom stereocenters. The van der Waals surface area contributed by atoms with Crippen LogP contribution in [0, 0.1) is 12.8 Å². The predicted molar refractivity (Wildman–Crippen MR) is 130 cm³/mol. The largest absolute Gasteiger partial charge is 0.750 e. The first kappa shape index (κ1) is 26.7. The van der Waals surface area contributed by atoms with Crippen molar-refractivity contribution in [2.75, 3.05) is 11.9 Å².